The van der Waals surface area contributed by atoms with Gasteiger partial charge in [0.05, 0.1) is 0 Å². The van der Waals surface area contributed by atoms with Gasteiger partial charge in [-0.1, -0.05) is 19.8 Å². The minimum absolute atomic E-state index is 0.191. The largest absolute Gasteiger partial charge is 0.512 e. The minimum Gasteiger partial charge on any atom is -0.512 e. The Morgan fingerprint density at radius 1 is 1.06 bits per heavy atom. The summed E-state index contributed by atoms with van der Waals surface area (Å²) >= 11 is 0. The molecule has 2 unspecified atom stereocenters. The number of Topliss-reactive ketones (excluding diaryl/α,β-unsaturated/α-hetero) is 1. The quantitative estimate of drug-likeness (QED) is 0.593. The van der Waals surface area contributed by atoms with Crippen LogP contribution in [-0.4, -0.2) is 10.9 Å². The average molecular weight is 236 g/mol. The maximum atomic E-state index is 12.2. The molecule has 0 saturated heterocycles. The van der Waals surface area contributed by atoms with E-state index in [0.717, 1.165) is 25.7 Å². The molecule has 2 heteroatoms. The summed E-state index contributed by atoms with van der Waals surface area (Å²) < 4.78 is 0. The van der Waals surface area contributed by atoms with E-state index >= 15 is 0 Å². The van der Waals surface area contributed by atoms with Gasteiger partial charge in [0, 0.05) is 17.4 Å². The Morgan fingerprint density at radius 3 is 2.24 bits per heavy atom. The average Bonchev–Trinajstić information content (AvgIpc) is 2.96. The summed E-state index contributed by atoms with van der Waals surface area (Å²) in [6.45, 7) is 4.04. The zero-order valence-corrected chi connectivity index (χ0v) is 11.0. The fraction of sp³-hybridized carbons (Fsp3) is 0.800. The summed E-state index contributed by atoms with van der Waals surface area (Å²) in [7, 11) is 0. The van der Waals surface area contributed by atoms with Crippen molar-refractivity contribution in [1.82, 2.24) is 0 Å². The van der Waals surface area contributed by atoms with Gasteiger partial charge in [0.1, 0.15) is 5.76 Å². The van der Waals surface area contributed by atoms with Crippen molar-refractivity contribution < 1.29 is 9.90 Å². The van der Waals surface area contributed by atoms with E-state index in [0.29, 0.717) is 17.3 Å². The first-order chi connectivity index (χ1) is 8.09. The van der Waals surface area contributed by atoms with Crippen LogP contribution in [0.4, 0.5) is 0 Å². The summed E-state index contributed by atoms with van der Waals surface area (Å²) in [6, 6.07) is 0. The molecule has 96 valence electrons. The predicted octanol–water partition coefficient (Wildman–Crippen LogP) is 4.01. The summed E-state index contributed by atoms with van der Waals surface area (Å²) in [5.41, 5.74) is 0.649. The molecule has 2 nitrogen and oxygen atoms in total. The van der Waals surface area contributed by atoms with E-state index in [1.165, 1.54) is 19.3 Å². The van der Waals surface area contributed by atoms with E-state index < -0.39 is 0 Å². The van der Waals surface area contributed by atoms with E-state index in [-0.39, 0.29) is 17.6 Å². The van der Waals surface area contributed by atoms with Gasteiger partial charge in [0.15, 0.2) is 5.78 Å². The molecular weight excluding hydrogens is 212 g/mol. The van der Waals surface area contributed by atoms with E-state index in [9.17, 15) is 9.90 Å². The summed E-state index contributed by atoms with van der Waals surface area (Å²) in [5, 5.41) is 10.2. The molecule has 2 atom stereocenters. The molecule has 0 aromatic rings. The molecule has 2 rings (SSSR count). The minimum atomic E-state index is 0.191. The van der Waals surface area contributed by atoms with Gasteiger partial charge in [-0.15, -0.1) is 0 Å². The van der Waals surface area contributed by atoms with Crippen molar-refractivity contribution >= 4 is 5.78 Å². The monoisotopic (exact) mass is 236 g/mol. The molecule has 1 N–H and O–H groups in total. The van der Waals surface area contributed by atoms with Crippen molar-refractivity contribution in [2.75, 3.05) is 0 Å². The van der Waals surface area contributed by atoms with Gasteiger partial charge in [0.2, 0.25) is 0 Å². The number of carbonyl (C=O) groups is 1. The SMILES string of the molecule is C/C(C(=O)C1CCCC1)=C(/O)C1CCC(C)C1. The number of rotatable bonds is 3. The highest BCUT2D eigenvalue weighted by Crippen LogP contribution is 2.36. The van der Waals surface area contributed by atoms with Crippen molar-refractivity contribution in [3.63, 3.8) is 0 Å². The molecule has 0 heterocycles. The lowest BCUT2D eigenvalue weighted by molar-refractivity contribution is -0.119. The van der Waals surface area contributed by atoms with E-state index in [2.05, 4.69) is 6.92 Å². The van der Waals surface area contributed by atoms with E-state index in [1.807, 2.05) is 6.92 Å². The van der Waals surface area contributed by atoms with Crippen LogP contribution in [0.3, 0.4) is 0 Å². The number of aliphatic hydroxyl groups is 1. The number of allylic oxidation sites excluding steroid dienone is 2. The lowest BCUT2D eigenvalue weighted by Gasteiger charge is -2.14. The first-order valence-corrected chi connectivity index (χ1v) is 7.03. The van der Waals surface area contributed by atoms with Crippen molar-refractivity contribution in [2.45, 2.75) is 58.8 Å². The second-order valence-corrected chi connectivity index (χ2v) is 5.97. The molecular formula is C15H24O2. The molecule has 0 bridgehead atoms. The molecule has 2 aliphatic rings. The van der Waals surface area contributed by atoms with Gasteiger partial charge in [-0.2, -0.15) is 0 Å². The normalized spacial score (nSPS) is 31.6. The number of aliphatic hydroxyl groups excluding tert-OH is 1. The van der Waals surface area contributed by atoms with Crippen molar-refractivity contribution in [1.29, 1.82) is 0 Å². The molecule has 0 aromatic carbocycles. The zero-order valence-electron chi connectivity index (χ0n) is 11.0. The van der Waals surface area contributed by atoms with Crippen LogP contribution in [0.5, 0.6) is 0 Å². The first kappa shape index (κ1) is 12.7. The van der Waals surface area contributed by atoms with Crippen molar-refractivity contribution in [3.8, 4) is 0 Å². The molecule has 0 radical (unpaired) electrons. The Morgan fingerprint density at radius 2 is 1.71 bits per heavy atom. The fourth-order valence-corrected chi connectivity index (χ4v) is 3.38. The van der Waals surface area contributed by atoms with Gasteiger partial charge in [-0.05, 0) is 44.9 Å². The van der Waals surface area contributed by atoms with Crippen LogP contribution in [0.25, 0.3) is 0 Å². The number of carbonyl (C=O) groups excluding carboxylic acids is 1. The van der Waals surface area contributed by atoms with Crippen LogP contribution in [0.1, 0.15) is 58.8 Å². The second kappa shape index (κ2) is 5.24. The Hall–Kier alpha value is -0.790. The number of hydrogen-bond donors (Lipinski definition) is 1. The molecule has 17 heavy (non-hydrogen) atoms. The zero-order chi connectivity index (χ0) is 12.4. The van der Waals surface area contributed by atoms with Crippen molar-refractivity contribution in [2.24, 2.45) is 17.8 Å². The maximum Gasteiger partial charge on any atom is 0.164 e. The highest BCUT2D eigenvalue weighted by atomic mass is 16.3. The molecule has 0 aromatic heterocycles. The second-order valence-electron chi connectivity index (χ2n) is 5.97. The topological polar surface area (TPSA) is 37.3 Å². The van der Waals surface area contributed by atoms with Gasteiger partial charge in [-0.3, -0.25) is 4.79 Å². The number of hydrogen-bond acceptors (Lipinski definition) is 2. The van der Waals surface area contributed by atoms with Crippen LogP contribution in [-0.2, 0) is 4.79 Å². The third-order valence-electron chi connectivity index (χ3n) is 4.56. The molecule has 2 saturated carbocycles. The molecule has 2 aliphatic carbocycles. The Balaban J connectivity index is 2.05. The van der Waals surface area contributed by atoms with Crippen LogP contribution < -0.4 is 0 Å². The lowest BCUT2D eigenvalue weighted by Crippen LogP contribution is -2.15. The fourth-order valence-electron chi connectivity index (χ4n) is 3.38. The standard InChI is InChI=1S/C15H24O2/c1-10-7-8-13(9-10)15(17)11(2)14(16)12-5-3-4-6-12/h10,12-13,17H,3-9H2,1-2H3/b15-11-. The van der Waals surface area contributed by atoms with Crippen LogP contribution >= 0.6 is 0 Å². The smallest absolute Gasteiger partial charge is 0.164 e. The maximum absolute atomic E-state index is 12.2. The highest BCUT2D eigenvalue weighted by Gasteiger charge is 2.30. The third kappa shape index (κ3) is 2.72. The predicted molar refractivity (Wildman–Crippen MR) is 68.8 cm³/mol. The molecule has 0 aliphatic heterocycles. The Labute approximate surface area is 104 Å². The molecule has 0 spiro atoms. The van der Waals surface area contributed by atoms with E-state index in [1.54, 1.807) is 0 Å². The Kier molecular flexibility index (Phi) is 3.90. The summed E-state index contributed by atoms with van der Waals surface area (Å²) in [4.78, 5) is 12.2. The highest BCUT2D eigenvalue weighted by molar-refractivity contribution is 5.97. The van der Waals surface area contributed by atoms with Crippen molar-refractivity contribution in [3.05, 3.63) is 11.3 Å². The van der Waals surface area contributed by atoms with Crippen LogP contribution in [0.2, 0.25) is 0 Å². The molecule has 0 amide bonds. The summed E-state index contributed by atoms with van der Waals surface area (Å²) in [6.07, 6.45) is 7.65. The summed E-state index contributed by atoms with van der Waals surface area (Å²) in [5.74, 6) is 1.73. The van der Waals surface area contributed by atoms with E-state index in [4.69, 9.17) is 0 Å². The number of ketones is 1. The van der Waals surface area contributed by atoms with Gasteiger partial charge >= 0.3 is 0 Å². The van der Waals surface area contributed by atoms with Gasteiger partial charge in [0.25, 0.3) is 0 Å². The third-order valence-corrected chi connectivity index (χ3v) is 4.56. The van der Waals surface area contributed by atoms with Crippen LogP contribution in [0, 0.1) is 17.8 Å². The van der Waals surface area contributed by atoms with Gasteiger partial charge in [-0.25, -0.2) is 0 Å². The Bertz CT molecular complexity index is 324. The lowest BCUT2D eigenvalue weighted by atomic mass is 9.92. The van der Waals surface area contributed by atoms with Crippen LogP contribution in [0.15, 0.2) is 11.3 Å². The molecule has 2 fully saturated rings. The first-order valence-electron chi connectivity index (χ1n) is 7.03. The van der Waals surface area contributed by atoms with Gasteiger partial charge < -0.3 is 5.11 Å².